The summed E-state index contributed by atoms with van der Waals surface area (Å²) in [6.07, 6.45) is 4.14. The van der Waals surface area contributed by atoms with Crippen molar-refractivity contribution < 1.29 is 9.53 Å². The SMILES string of the molecule is CCCCC(C)(CC)OC(C)=O. The summed E-state index contributed by atoms with van der Waals surface area (Å²) < 4.78 is 5.25. The summed E-state index contributed by atoms with van der Waals surface area (Å²) in [6, 6.07) is 0. The third kappa shape index (κ3) is 4.37. The highest BCUT2D eigenvalue weighted by atomic mass is 16.6. The van der Waals surface area contributed by atoms with E-state index in [-0.39, 0.29) is 11.6 Å². The van der Waals surface area contributed by atoms with Crippen LogP contribution in [0.2, 0.25) is 0 Å². The van der Waals surface area contributed by atoms with Gasteiger partial charge >= 0.3 is 5.97 Å². The lowest BCUT2D eigenvalue weighted by molar-refractivity contribution is -0.156. The van der Waals surface area contributed by atoms with Gasteiger partial charge in [0.05, 0.1) is 0 Å². The third-order valence-electron chi connectivity index (χ3n) is 2.20. The average Bonchev–Trinajstić information content (AvgIpc) is 2.00. The summed E-state index contributed by atoms with van der Waals surface area (Å²) in [5, 5.41) is 0. The molecule has 0 rings (SSSR count). The van der Waals surface area contributed by atoms with Crippen LogP contribution in [0, 0.1) is 0 Å². The van der Waals surface area contributed by atoms with Crippen LogP contribution in [0.1, 0.15) is 53.4 Å². The molecule has 0 radical (unpaired) electrons. The molecule has 0 fully saturated rings. The Labute approximate surface area is 75.3 Å². The van der Waals surface area contributed by atoms with Crippen molar-refractivity contribution in [1.82, 2.24) is 0 Å². The molecule has 1 unspecified atom stereocenters. The summed E-state index contributed by atoms with van der Waals surface area (Å²) in [7, 11) is 0. The molecule has 0 heterocycles. The van der Waals surface area contributed by atoms with Gasteiger partial charge in [-0.25, -0.2) is 0 Å². The quantitative estimate of drug-likeness (QED) is 0.596. The standard InChI is InChI=1S/C10H20O2/c1-5-7-8-10(4,6-2)12-9(3)11/h5-8H2,1-4H3. The van der Waals surface area contributed by atoms with Crippen molar-refractivity contribution in [3.05, 3.63) is 0 Å². The van der Waals surface area contributed by atoms with Crippen molar-refractivity contribution in [2.24, 2.45) is 0 Å². The van der Waals surface area contributed by atoms with E-state index >= 15 is 0 Å². The zero-order valence-corrected chi connectivity index (χ0v) is 8.64. The maximum Gasteiger partial charge on any atom is 0.303 e. The van der Waals surface area contributed by atoms with Crippen LogP contribution in [0.25, 0.3) is 0 Å². The highest BCUT2D eigenvalue weighted by Gasteiger charge is 2.24. The largest absolute Gasteiger partial charge is 0.460 e. The molecule has 1 atom stereocenters. The van der Waals surface area contributed by atoms with Gasteiger partial charge in [0.15, 0.2) is 0 Å². The fraction of sp³-hybridized carbons (Fsp3) is 0.900. The van der Waals surface area contributed by atoms with Gasteiger partial charge in [-0.1, -0.05) is 20.3 Å². The van der Waals surface area contributed by atoms with Gasteiger partial charge in [-0.15, -0.1) is 0 Å². The van der Waals surface area contributed by atoms with Crippen molar-refractivity contribution in [2.75, 3.05) is 0 Å². The lowest BCUT2D eigenvalue weighted by atomic mass is 9.96. The number of ether oxygens (including phenoxy) is 1. The van der Waals surface area contributed by atoms with Gasteiger partial charge in [0.1, 0.15) is 5.60 Å². The van der Waals surface area contributed by atoms with Crippen LogP contribution in [-0.4, -0.2) is 11.6 Å². The van der Waals surface area contributed by atoms with Gasteiger partial charge in [-0.05, 0) is 26.2 Å². The first-order valence-corrected chi connectivity index (χ1v) is 4.73. The number of esters is 1. The van der Waals surface area contributed by atoms with E-state index in [1.54, 1.807) is 0 Å². The minimum absolute atomic E-state index is 0.171. The Hall–Kier alpha value is -0.530. The summed E-state index contributed by atoms with van der Waals surface area (Å²) in [4.78, 5) is 10.8. The fourth-order valence-electron chi connectivity index (χ4n) is 1.20. The summed E-state index contributed by atoms with van der Waals surface area (Å²) in [5.74, 6) is -0.171. The molecule has 0 saturated heterocycles. The van der Waals surface area contributed by atoms with E-state index in [1.165, 1.54) is 6.92 Å². The van der Waals surface area contributed by atoms with E-state index in [0.717, 1.165) is 25.7 Å². The third-order valence-corrected chi connectivity index (χ3v) is 2.20. The number of rotatable bonds is 5. The second-order valence-corrected chi connectivity index (χ2v) is 3.50. The van der Waals surface area contributed by atoms with Crippen LogP contribution in [0.4, 0.5) is 0 Å². The highest BCUT2D eigenvalue weighted by molar-refractivity contribution is 5.66. The van der Waals surface area contributed by atoms with E-state index in [4.69, 9.17) is 4.74 Å². The first-order chi connectivity index (χ1) is 5.54. The van der Waals surface area contributed by atoms with Crippen LogP contribution in [0.3, 0.4) is 0 Å². The highest BCUT2D eigenvalue weighted by Crippen LogP contribution is 2.22. The Morgan fingerprint density at radius 2 is 2.00 bits per heavy atom. The molecule has 0 aliphatic rings. The summed E-state index contributed by atoms with van der Waals surface area (Å²) in [6.45, 7) is 7.67. The number of hydrogen-bond donors (Lipinski definition) is 0. The van der Waals surface area contributed by atoms with E-state index in [9.17, 15) is 4.79 Å². The predicted octanol–water partition coefficient (Wildman–Crippen LogP) is 2.91. The van der Waals surface area contributed by atoms with Gasteiger partial charge in [0.25, 0.3) is 0 Å². The molecule has 2 heteroatoms. The van der Waals surface area contributed by atoms with Crippen LogP contribution in [-0.2, 0) is 9.53 Å². The molecule has 0 spiro atoms. The molecule has 0 aromatic heterocycles. The monoisotopic (exact) mass is 172 g/mol. The normalized spacial score (nSPS) is 15.3. The van der Waals surface area contributed by atoms with Crippen molar-refractivity contribution in [3.63, 3.8) is 0 Å². The van der Waals surface area contributed by atoms with Crippen molar-refractivity contribution in [3.8, 4) is 0 Å². The molecule has 0 aromatic carbocycles. The number of carbonyl (C=O) groups excluding carboxylic acids is 1. The Morgan fingerprint density at radius 1 is 1.42 bits per heavy atom. The second kappa shape index (κ2) is 5.18. The van der Waals surface area contributed by atoms with E-state index in [1.807, 2.05) is 6.92 Å². The lowest BCUT2D eigenvalue weighted by Gasteiger charge is -2.27. The molecule has 0 saturated carbocycles. The zero-order valence-electron chi connectivity index (χ0n) is 8.64. The fourth-order valence-corrected chi connectivity index (χ4v) is 1.20. The Kier molecular flexibility index (Phi) is 4.95. The van der Waals surface area contributed by atoms with E-state index in [2.05, 4.69) is 13.8 Å². The topological polar surface area (TPSA) is 26.3 Å². The lowest BCUT2D eigenvalue weighted by Crippen LogP contribution is -2.29. The molecule has 0 bridgehead atoms. The predicted molar refractivity (Wildman–Crippen MR) is 50.0 cm³/mol. The molecule has 72 valence electrons. The molecule has 0 aliphatic heterocycles. The first kappa shape index (κ1) is 11.5. The minimum atomic E-state index is -0.234. The number of carbonyl (C=O) groups is 1. The van der Waals surface area contributed by atoms with Gasteiger partial charge in [0.2, 0.25) is 0 Å². The molecular weight excluding hydrogens is 152 g/mol. The zero-order chi connectivity index (χ0) is 9.61. The van der Waals surface area contributed by atoms with E-state index < -0.39 is 0 Å². The molecule has 2 nitrogen and oxygen atoms in total. The molecule has 0 amide bonds. The van der Waals surface area contributed by atoms with Crippen molar-refractivity contribution in [2.45, 2.75) is 59.0 Å². The number of unbranched alkanes of at least 4 members (excludes halogenated alkanes) is 1. The van der Waals surface area contributed by atoms with Gasteiger partial charge in [-0.3, -0.25) is 4.79 Å². The average molecular weight is 172 g/mol. The van der Waals surface area contributed by atoms with Crippen LogP contribution in [0.15, 0.2) is 0 Å². The van der Waals surface area contributed by atoms with Crippen LogP contribution >= 0.6 is 0 Å². The summed E-state index contributed by atoms with van der Waals surface area (Å²) in [5.41, 5.74) is -0.234. The second-order valence-electron chi connectivity index (χ2n) is 3.50. The molecule has 0 N–H and O–H groups in total. The molecule has 12 heavy (non-hydrogen) atoms. The first-order valence-electron chi connectivity index (χ1n) is 4.73. The Morgan fingerprint density at radius 3 is 2.33 bits per heavy atom. The smallest absolute Gasteiger partial charge is 0.303 e. The van der Waals surface area contributed by atoms with E-state index in [0.29, 0.717) is 0 Å². The molecule has 0 aromatic rings. The van der Waals surface area contributed by atoms with Gasteiger partial charge in [-0.2, -0.15) is 0 Å². The van der Waals surface area contributed by atoms with Crippen molar-refractivity contribution in [1.29, 1.82) is 0 Å². The maximum atomic E-state index is 10.8. The molecular formula is C10H20O2. The van der Waals surface area contributed by atoms with Gasteiger partial charge in [0, 0.05) is 6.92 Å². The minimum Gasteiger partial charge on any atom is -0.460 e. The maximum absolute atomic E-state index is 10.8. The van der Waals surface area contributed by atoms with Crippen LogP contribution < -0.4 is 0 Å². The Balaban J connectivity index is 3.95. The van der Waals surface area contributed by atoms with Crippen molar-refractivity contribution >= 4 is 5.97 Å². The molecule has 0 aliphatic carbocycles. The van der Waals surface area contributed by atoms with Crippen LogP contribution in [0.5, 0.6) is 0 Å². The Bertz CT molecular complexity index is 143. The number of hydrogen-bond acceptors (Lipinski definition) is 2. The summed E-state index contributed by atoms with van der Waals surface area (Å²) >= 11 is 0. The van der Waals surface area contributed by atoms with Gasteiger partial charge < -0.3 is 4.74 Å².